The van der Waals surface area contributed by atoms with Crippen molar-refractivity contribution in [2.24, 2.45) is 0 Å². The lowest BCUT2D eigenvalue weighted by Crippen LogP contribution is -2.12. The van der Waals surface area contributed by atoms with Crippen LogP contribution >= 0.6 is 0 Å². The van der Waals surface area contributed by atoms with Gasteiger partial charge in [-0.15, -0.1) is 0 Å². The van der Waals surface area contributed by atoms with Crippen LogP contribution in [0.1, 0.15) is 17.9 Å². The molecule has 1 aromatic carbocycles. The molecule has 2 N–H and O–H groups in total. The summed E-state index contributed by atoms with van der Waals surface area (Å²) in [7, 11) is 0. The van der Waals surface area contributed by atoms with Crippen LogP contribution in [0.4, 0.5) is 0 Å². The summed E-state index contributed by atoms with van der Waals surface area (Å²) in [6.45, 7) is -0.105. The smallest absolute Gasteiger partial charge is 0.311 e. The third kappa shape index (κ3) is 2.56. The summed E-state index contributed by atoms with van der Waals surface area (Å²) in [5.74, 6) is -1.48. The molecule has 0 aliphatic carbocycles. The minimum atomic E-state index is -0.889. The Bertz CT molecular complexity index is 269. The summed E-state index contributed by atoms with van der Waals surface area (Å²) in [5.41, 5.74) is 0.740. The van der Waals surface area contributed by atoms with E-state index in [0.717, 1.165) is 5.56 Å². The molecule has 1 aromatic rings. The molecule has 13 heavy (non-hydrogen) atoms. The number of carboxylic acid groups (broad SMARTS) is 1. The average Bonchev–Trinajstić information content (AvgIpc) is 2.15. The van der Waals surface area contributed by atoms with Crippen LogP contribution in [0.15, 0.2) is 30.3 Å². The van der Waals surface area contributed by atoms with Crippen molar-refractivity contribution in [1.82, 2.24) is 0 Å². The first-order chi connectivity index (χ1) is 6.25. The van der Waals surface area contributed by atoms with Crippen molar-refractivity contribution < 1.29 is 15.0 Å². The Hall–Kier alpha value is -1.35. The fraction of sp³-hybridized carbons (Fsp3) is 0.300. The standard InChI is InChI=1S/C10H12O3/c11-7-6-9(10(12)13)8-4-2-1-3-5-8/h1-5,9,11H,6-7H2,(H,12,13)/t9-/m0/s1. The highest BCUT2D eigenvalue weighted by atomic mass is 16.4. The number of carbonyl (C=O) groups is 1. The molecule has 0 radical (unpaired) electrons. The molecular weight excluding hydrogens is 168 g/mol. The van der Waals surface area contributed by atoms with E-state index in [9.17, 15) is 4.79 Å². The Morgan fingerprint density at radius 2 is 1.92 bits per heavy atom. The predicted octanol–water partition coefficient (Wildman–Crippen LogP) is 1.24. The van der Waals surface area contributed by atoms with Gasteiger partial charge in [-0.3, -0.25) is 4.79 Å². The number of benzene rings is 1. The van der Waals surface area contributed by atoms with Crippen LogP contribution in [-0.2, 0) is 4.79 Å². The lowest BCUT2D eigenvalue weighted by atomic mass is 9.96. The van der Waals surface area contributed by atoms with Crippen LogP contribution in [0, 0.1) is 0 Å². The summed E-state index contributed by atoms with van der Waals surface area (Å²) < 4.78 is 0. The first-order valence-corrected chi connectivity index (χ1v) is 4.14. The van der Waals surface area contributed by atoms with Crippen LogP contribution in [0.2, 0.25) is 0 Å². The Morgan fingerprint density at radius 1 is 1.31 bits per heavy atom. The normalized spacial score (nSPS) is 12.4. The summed E-state index contributed by atoms with van der Waals surface area (Å²) in [6, 6.07) is 8.94. The highest BCUT2D eigenvalue weighted by Gasteiger charge is 2.18. The third-order valence-electron chi connectivity index (χ3n) is 1.92. The number of aliphatic hydroxyl groups excluding tert-OH is 1. The van der Waals surface area contributed by atoms with Gasteiger partial charge in [-0.05, 0) is 12.0 Å². The Labute approximate surface area is 76.6 Å². The molecule has 3 nitrogen and oxygen atoms in total. The second-order valence-corrected chi connectivity index (χ2v) is 2.81. The van der Waals surface area contributed by atoms with Gasteiger partial charge in [-0.2, -0.15) is 0 Å². The number of aliphatic carboxylic acids is 1. The van der Waals surface area contributed by atoms with Gasteiger partial charge in [0.25, 0.3) is 0 Å². The van der Waals surface area contributed by atoms with Gasteiger partial charge < -0.3 is 10.2 Å². The van der Waals surface area contributed by atoms with Gasteiger partial charge in [0.2, 0.25) is 0 Å². The Balaban J connectivity index is 2.82. The number of hydrogen-bond acceptors (Lipinski definition) is 2. The molecule has 0 spiro atoms. The van der Waals surface area contributed by atoms with Gasteiger partial charge in [0.15, 0.2) is 0 Å². The molecule has 70 valence electrons. The van der Waals surface area contributed by atoms with Gasteiger partial charge in [-0.25, -0.2) is 0 Å². The first-order valence-electron chi connectivity index (χ1n) is 4.14. The number of hydrogen-bond donors (Lipinski definition) is 2. The van der Waals surface area contributed by atoms with Gasteiger partial charge in [0.1, 0.15) is 0 Å². The van der Waals surface area contributed by atoms with Crippen molar-refractivity contribution >= 4 is 5.97 Å². The van der Waals surface area contributed by atoms with Crippen LogP contribution in [-0.4, -0.2) is 22.8 Å². The van der Waals surface area contributed by atoms with Gasteiger partial charge in [-0.1, -0.05) is 30.3 Å². The molecule has 0 fully saturated rings. The molecule has 0 aliphatic heterocycles. The molecular formula is C10H12O3. The fourth-order valence-electron chi connectivity index (χ4n) is 1.25. The molecule has 3 heteroatoms. The van der Waals surface area contributed by atoms with E-state index in [1.807, 2.05) is 6.07 Å². The molecule has 1 atom stereocenters. The van der Waals surface area contributed by atoms with E-state index in [1.54, 1.807) is 24.3 Å². The minimum Gasteiger partial charge on any atom is -0.481 e. The van der Waals surface area contributed by atoms with Gasteiger partial charge in [0.05, 0.1) is 5.92 Å². The van der Waals surface area contributed by atoms with Crippen LogP contribution in [0.3, 0.4) is 0 Å². The van der Waals surface area contributed by atoms with Crippen molar-refractivity contribution in [1.29, 1.82) is 0 Å². The number of rotatable bonds is 4. The van der Waals surface area contributed by atoms with E-state index >= 15 is 0 Å². The summed E-state index contributed by atoms with van der Waals surface area (Å²) in [6.07, 6.45) is 0.263. The van der Waals surface area contributed by atoms with Crippen LogP contribution < -0.4 is 0 Å². The van der Waals surface area contributed by atoms with E-state index in [-0.39, 0.29) is 13.0 Å². The van der Waals surface area contributed by atoms with E-state index in [0.29, 0.717) is 0 Å². The zero-order valence-electron chi connectivity index (χ0n) is 7.18. The molecule has 0 heterocycles. The molecule has 0 unspecified atom stereocenters. The fourth-order valence-corrected chi connectivity index (χ4v) is 1.25. The molecule has 0 amide bonds. The lowest BCUT2D eigenvalue weighted by Gasteiger charge is -2.10. The summed E-state index contributed by atoms with van der Waals surface area (Å²) >= 11 is 0. The second kappa shape index (κ2) is 4.62. The van der Waals surface area contributed by atoms with Gasteiger partial charge in [0, 0.05) is 6.61 Å². The Kier molecular flexibility index (Phi) is 3.46. The van der Waals surface area contributed by atoms with Crippen molar-refractivity contribution in [2.75, 3.05) is 6.61 Å². The van der Waals surface area contributed by atoms with Crippen molar-refractivity contribution in [3.63, 3.8) is 0 Å². The quantitative estimate of drug-likeness (QED) is 0.732. The highest BCUT2D eigenvalue weighted by molar-refractivity contribution is 5.75. The van der Waals surface area contributed by atoms with Crippen molar-refractivity contribution in [3.05, 3.63) is 35.9 Å². The van der Waals surface area contributed by atoms with Gasteiger partial charge >= 0.3 is 5.97 Å². The maximum absolute atomic E-state index is 10.8. The monoisotopic (exact) mass is 180 g/mol. The average molecular weight is 180 g/mol. The van der Waals surface area contributed by atoms with Crippen molar-refractivity contribution in [3.8, 4) is 0 Å². The lowest BCUT2D eigenvalue weighted by molar-refractivity contribution is -0.139. The topological polar surface area (TPSA) is 57.5 Å². The molecule has 0 aromatic heterocycles. The van der Waals surface area contributed by atoms with E-state index in [2.05, 4.69) is 0 Å². The SMILES string of the molecule is O=C(O)[C@@H](CCO)c1ccccc1. The van der Waals surface area contributed by atoms with E-state index in [1.165, 1.54) is 0 Å². The first kappa shape index (κ1) is 9.74. The summed E-state index contributed by atoms with van der Waals surface area (Å²) in [4.78, 5) is 10.8. The number of carboxylic acids is 1. The van der Waals surface area contributed by atoms with E-state index in [4.69, 9.17) is 10.2 Å². The van der Waals surface area contributed by atoms with Crippen molar-refractivity contribution in [2.45, 2.75) is 12.3 Å². The zero-order valence-corrected chi connectivity index (χ0v) is 7.18. The molecule has 0 aliphatic rings. The zero-order chi connectivity index (χ0) is 9.68. The molecule has 0 saturated carbocycles. The Morgan fingerprint density at radius 3 is 2.38 bits per heavy atom. The third-order valence-corrected chi connectivity index (χ3v) is 1.92. The molecule has 0 bridgehead atoms. The highest BCUT2D eigenvalue weighted by Crippen LogP contribution is 2.18. The maximum Gasteiger partial charge on any atom is 0.311 e. The van der Waals surface area contributed by atoms with Crippen LogP contribution in [0.5, 0.6) is 0 Å². The predicted molar refractivity (Wildman–Crippen MR) is 48.5 cm³/mol. The number of aliphatic hydroxyl groups is 1. The second-order valence-electron chi connectivity index (χ2n) is 2.81. The molecule has 1 rings (SSSR count). The summed E-state index contributed by atoms with van der Waals surface area (Å²) in [5, 5.41) is 17.5. The molecule has 0 saturated heterocycles. The maximum atomic E-state index is 10.8. The largest absolute Gasteiger partial charge is 0.481 e. The van der Waals surface area contributed by atoms with Crippen LogP contribution in [0.25, 0.3) is 0 Å². The van der Waals surface area contributed by atoms with E-state index < -0.39 is 11.9 Å². The minimum absolute atomic E-state index is 0.105.